The van der Waals surface area contributed by atoms with Gasteiger partial charge in [-0.2, -0.15) is 0 Å². The third kappa shape index (κ3) is 1.61. The van der Waals surface area contributed by atoms with Crippen LogP contribution in [-0.2, 0) is 6.42 Å². The van der Waals surface area contributed by atoms with Gasteiger partial charge in [0, 0.05) is 5.92 Å². The van der Waals surface area contributed by atoms with Gasteiger partial charge in [-0.15, -0.1) is 0 Å². The van der Waals surface area contributed by atoms with Gasteiger partial charge in [0.1, 0.15) is 0 Å². The van der Waals surface area contributed by atoms with Crippen molar-refractivity contribution in [2.75, 3.05) is 0 Å². The van der Waals surface area contributed by atoms with Gasteiger partial charge in [-0.05, 0) is 36.8 Å². The molecule has 0 heterocycles. The molecular formula is C14H18. The van der Waals surface area contributed by atoms with Crippen molar-refractivity contribution in [3.05, 3.63) is 47.5 Å². The number of hydrogen-bond donors (Lipinski definition) is 0. The summed E-state index contributed by atoms with van der Waals surface area (Å²) >= 11 is 0. The van der Waals surface area contributed by atoms with Gasteiger partial charge < -0.3 is 0 Å². The van der Waals surface area contributed by atoms with Crippen molar-refractivity contribution in [1.82, 2.24) is 0 Å². The fourth-order valence-electron chi connectivity index (χ4n) is 2.42. The van der Waals surface area contributed by atoms with Crippen LogP contribution in [0.3, 0.4) is 0 Å². The molecule has 1 atom stereocenters. The van der Waals surface area contributed by atoms with Crippen molar-refractivity contribution in [3.63, 3.8) is 0 Å². The molecular weight excluding hydrogens is 168 g/mol. The molecule has 1 aliphatic rings. The van der Waals surface area contributed by atoms with Gasteiger partial charge in [0.25, 0.3) is 0 Å². The molecule has 2 rings (SSSR count). The van der Waals surface area contributed by atoms with E-state index in [1.807, 2.05) is 0 Å². The highest BCUT2D eigenvalue weighted by atomic mass is 14.2. The van der Waals surface area contributed by atoms with E-state index < -0.39 is 0 Å². The van der Waals surface area contributed by atoms with Crippen LogP contribution in [0.15, 0.2) is 36.4 Å². The van der Waals surface area contributed by atoms with Gasteiger partial charge in [-0.3, -0.25) is 0 Å². The molecule has 0 saturated carbocycles. The topological polar surface area (TPSA) is 0 Å². The molecule has 0 N–H and O–H groups in total. The van der Waals surface area contributed by atoms with Crippen LogP contribution in [0.25, 0.3) is 0 Å². The van der Waals surface area contributed by atoms with E-state index in [4.69, 9.17) is 0 Å². The zero-order chi connectivity index (χ0) is 9.97. The van der Waals surface area contributed by atoms with Gasteiger partial charge >= 0.3 is 0 Å². The third-order valence-corrected chi connectivity index (χ3v) is 3.32. The molecule has 1 aliphatic carbocycles. The highest BCUT2D eigenvalue weighted by Gasteiger charge is 2.20. The summed E-state index contributed by atoms with van der Waals surface area (Å²) in [7, 11) is 0. The lowest BCUT2D eigenvalue weighted by Crippen LogP contribution is -2.10. The molecule has 0 fully saturated rings. The first-order chi connectivity index (χ1) is 6.83. The van der Waals surface area contributed by atoms with Gasteiger partial charge in [-0.1, -0.05) is 43.3 Å². The number of rotatable bonds is 2. The monoisotopic (exact) mass is 186 g/mol. The maximum atomic E-state index is 4.20. The van der Waals surface area contributed by atoms with Crippen molar-refractivity contribution in [3.8, 4) is 0 Å². The molecule has 0 aromatic heterocycles. The minimum Gasteiger partial charge on any atom is -0.0993 e. The summed E-state index contributed by atoms with van der Waals surface area (Å²) in [4.78, 5) is 0. The highest BCUT2D eigenvalue weighted by molar-refractivity contribution is 5.37. The van der Waals surface area contributed by atoms with Crippen molar-refractivity contribution in [2.45, 2.75) is 38.5 Å². The van der Waals surface area contributed by atoms with Gasteiger partial charge in [-0.25, -0.2) is 0 Å². The van der Waals surface area contributed by atoms with Crippen molar-refractivity contribution in [2.24, 2.45) is 0 Å². The van der Waals surface area contributed by atoms with Crippen LogP contribution < -0.4 is 0 Å². The Bertz CT molecular complexity index is 336. The summed E-state index contributed by atoms with van der Waals surface area (Å²) in [6, 6.07) is 8.85. The van der Waals surface area contributed by atoms with Gasteiger partial charge in [0.05, 0.1) is 0 Å². The maximum Gasteiger partial charge on any atom is 0.00482 e. The summed E-state index contributed by atoms with van der Waals surface area (Å²) < 4.78 is 0. The second-order valence-electron chi connectivity index (χ2n) is 4.16. The Labute approximate surface area is 86.7 Å². The maximum absolute atomic E-state index is 4.20. The predicted molar refractivity (Wildman–Crippen MR) is 61.6 cm³/mol. The van der Waals surface area contributed by atoms with E-state index >= 15 is 0 Å². The summed E-state index contributed by atoms with van der Waals surface area (Å²) in [6.45, 7) is 6.40. The van der Waals surface area contributed by atoms with E-state index in [0.717, 1.165) is 6.42 Å². The van der Waals surface area contributed by atoms with Crippen LogP contribution in [-0.4, -0.2) is 0 Å². The quantitative estimate of drug-likeness (QED) is 0.611. The molecule has 0 aliphatic heterocycles. The normalized spacial score (nSPS) is 20.2. The smallest absolute Gasteiger partial charge is 0.00482 e. The number of allylic oxidation sites excluding steroid dienone is 1. The zero-order valence-corrected chi connectivity index (χ0v) is 8.92. The molecule has 0 heteroatoms. The standard InChI is InChI=1S/C14H18/c1-3-11(2)13-10-6-8-12-7-4-5-9-14(12)13/h4-5,7,9,13H,2-3,6,8,10H2,1H3. The average Bonchev–Trinajstić information content (AvgIpc) is 2.27. The predicted octanol–water partition coefficient (Wildman–Crippen LogP) is 4.07. The van der Waals surface area contributed by atoms with E-state index in [0.29, 0.717) is 5.92 Å². The average molecular weight is 186 g/mol. The molecule has 0 amide bonds. The highest BCUT2D eigenvalue weighted by Crippen LogP contribution is 2.36. The zero-order valence-electron chi connectivity index (χ0n) is 8.92. The molecule has 1 unspecified atom stereocenters. The van der Waals surface area contributed by atoms with Gasteiger partial charge in [0.2, 0.25) is 0 Å². The Morgan fingerprint density at radius 3 is 3.00 bits per heavy atom. The molecule has 0 spiro atoms. The Morgan fingerprint density at radius 1 is 1.43 bits per heavy atom. The summed E-state index contributed by atoms with van der Waals surface area (Å²) in [5, 5.41) is 0. The van der Waals surface area contributed by atoms with Crippen LogP contribution in [0.1, 0.15) is 43.2 Å². The molecule has 74 valence electrons. The van der Waals surface area contributed by atoms with Crippen molar-refractivity contribution >= 4 is 0 Å². The van der Waals surface area contributed by atoms with E-state index in [1.165, 1.54) is 30.4 Å². The first-order valence-corrected chi connectivity index (χ1v) is 5.58. The lowest BCUT2D eigenvalue weighted by molar-refractivity contribution is 0.598. The van der Waals surface area contributed by atoms with Crippen LogP contribution in [0.4, 0.5) is 0 Å². The molecule has 14 heavy (non-hydrogen) atoms. The molecule has 0 saturated heterocycles. The van der Waals surface area contributed by atoms with Crippen LogP contribution >= 0.6 is 0 Å². The Morgan fingerprint density at radius 2 is 2.21 bits per heavy atom. The minimum atomic E-state index is 0.630. The van der Waals surface area contributed by atoms with E-state index in [-0.39, 0.29) is 0 Å². The van der Waals surface area contributed by atoms with Gasteiger partial charge in [0.15, 0.2) is 0 Å². The second-order valence-corrected chi connectivity index (χ2v) is 4.16. The number of aryl methyl sites for hydroxylation is 1. The van der Waals surface area contributed by atoms with Crippen LogP contribution in [0.2, 0.25) is 0 Å². The SMILES string of the molecule is C=C(CC)C1CCCc2ccccc21. The number of fused-ring (bicyclic) bond motifs is 1. The minimum absolute atomic E-state index is 0.630. The van der Waals surface area contributed by atoms with Crippen LogP contribution in [0, 0.1) is 0 Å². The van der Waals surface area contributed by atoms with E-state index in [2.05, 4.69) is 37.8 Å². The summed E-state index contributed by atoms with van der Waals surface area (Å²) in [6.07, 6.45) is 4.98. The molecule has 1 aromatic carbocycles. The van der Waals surface area contributed by atoms with Crippen molar-refractivity contribution < 1.29 is 0 Å². The first-order valence-electron chi connectivity index (χ1n) is 5.58. The first kappa shape index (κ1) is 9.51. The Hall–Kier alpha value is -1.04. The fraction of sp³-hybridized carbons (Fsp3) is 0.429. The Balaban J connectivity index is 2.35. The number of benzene rings is 1. The molecule has 0 radical (unpaired) electrons. The van der Waals surface area contributed by atoms with Crippen molar-refractivity contribution in [1.29, 1.82) is 0 Å². The Kier molecular flexibility index (Phi) is 2.72. The fourth-order valence-corrected chi connectivity index (χ4v) is 2.42. The lowest BCUT2D eigenvalue weighted by atomic mass is 9.78. The largest absolute Gasteiger partial charge is 0.0993 e. The number of hydrogen-bond acceptors (Lipinski definition) is 0. The van der Waals surface area contributed by atoms with E-state index in [1.54, 1.807) is 5.56 Å². The third-order valence-electron chi connectivity index (χ3n) is 3.32. The molecule has 0 nitrogen and oxygen atoms in total. The van der Waals surface area contributed by atoms with Crippen LogP contribution in [0.5, 0.6) is 0 Å². The molecule has 1 aromatic rings. The summed E-state index contributed by atoms with van der Waals surface area (Å²) in [5.74, 6) is 0.630. The molecule has 0 bridgehead atoms. The van der Waals surface area contributed by atoms with E-state index in [9.17, 15) is 0 Å². The lowest BCUT2D eigenvalue weighted by Gasteiger charge is -2.26. The summed E-state index contributed by atoms with van der Waals surface area (Å²) in [5.41, 5.74) is 4.47. The second kappa shape index (κ2) is 4.00.